The lowest BCUT2D eigenvalue weighted by molar-refractivity contribution is -0.0395. The van der Waals surface area contributed by atoms with Crippen LogP contribution in [0.15, 0.2) is 22.2 Å². The van der Waals surface area contributed by atoms with Crippen LogP contribution in [0.25, 0.3) is 0 Å². The highest BCUT2D eigenvalue weighted by Gasteiger charge is 2.49. The van der Waals surface area contributed by atoms with Gasteiger partial charge in [-0.2, -0.15) is 0 Å². The number of hydrogen-bond donors (Lipinski definition) is 4. The Morgan fingerprint density at radius 1 is 1.24 bits per heavy atom. The molecule has 0 aromatic heterocycles. The minimum absolute atomic E-state index is 0.114. The second-order valence-corrected chi connectivity index (χ2v) is 6.66. The molecule has 0 amide bonds. The highest BCUT2D eigenvalue weighted by molar-refractivity contribution is 6.40. The van der Waals surface area contributed by atoms with Crippen LogP contribution in [-0.2, 0) is 4.74 Å². The maximum atomic E-state index is 10.2. The van der Waals surface area contributed by atoms with Gasteiger partial charge in [-0.3, -0.25) is 0 Å². The molecular formula is C14H19Cl2NO4. The zero-order valence-corrected chi connectivity index (χ0v) is 12.8. The maximum absolute atomic E-state index is 10.2. The molecule has 1 aliphatic heterocycles. The van der Waals surface area contributed by atoms with Gasteiger partial charge in [-0.1, -0.05) is 29.3 Å². The van der Waals surface area contributed by atoms with Crippen LogP contribution < -0.4 is 5.32 Å². The van der Waals surface area contributed by atoms with Crippen LogP contribution in [0.1, 0.15) is 12.8 Å². The van der Waals surface area contributed by atoms with Gasteiger partial charge in [0, 0.05) is 23.0 Å². The van der Waals surface area contributed by atoms with E-state index in [1.807, 2.05) is 6.08 Å². The van der Waals surface area contributed by atoms with Gasteiger partial charge in [-0.05, 0) is 18.9 Å². The van der Waals surface area contributed by atoms with E-state index in [4.69, 9.17) is 27.9 Å². The molecule has 0 aromatic rings. The molecule has 21 heavy (non-hydrogen) atoms. The number of hydrogen-bond acceptors (Lipinski definition) is 5. The normalized spacial score (nSPS) is 43.7. The fourth-order valence-corrected chi connectivity index (χ4v) is 3.48. The smallest absolute Gasteiger partial charge is 0.111 e. The van der Waals surface area contributed by atoms with E-state index in [9.17, 15) is 15.3 Å². The molecule has 1 saturated heterocycles. The van der Waals surface area contributed by atoms with Crippen molar-refractivity contribution in [2.24, 2.45) is 5.92 Å². The van der Waals surface area contributed by atoms with Crippen LogP contribution in [0.2, 0.25) is 0 Å². The molecule has 7 heteroatoms. The van der Waals surface area contributed by atoms with Crippen LogP contribution in [0.4, 0.5) is 0 Å². The third-order valence-corrected chi connectivity index (χ3v) is 5.18. The highest BCUT2D eigenvalue weighted by atomic mass is 35.5. The first kappa shape index (κ1) is 15.7. The quantitative estimate of drug-likeness (QED) is 0.600. The molecule has 118 valence electrons. The lowest BCUT2D eigenvalue weighted by Crippen LogP contribution is -2.47. The molecule has 4 N–H and O–H groups in total. The standard InChI is InChI=1S/C14H19Cl2NO4/c15-7-3-4-8(17-6-1-2-6)10(11(7)16)14-13(20)12(19)9(5-18)21-14/h3-4,6,8-10,12-14,17-20H,1-2,5H2/t8?,9-,10?,12-,13-,14-/m0/s1. The van der Waals surface area contributed by atoms with Gasteiger partial charge in [-0.25, -0.2) is 0 Å². The number of rotatable bonds is 4. The largest absolute Gasteiger partial charge is 0.394 e. The van der Waals surface area contributed by atoms with Crippen molar-refractivity contribution in [3.63, 3.8) is 0 Å². The summed E-state index contributed by atoms with van der Waals surface area (Å²) in [4.78, 5) is 0. The Kier molecular flexibility index (Phi) is 4.62. The Labute approximate surface area is 133 Å². The Morgan fingerprint density at radius 2 is 1.95 bits per heavy atom. The van der Waals surface area contributed by atoms with Gasteiger partial charge in [-0.15, -0.1) is 0 Å². The van der Waals surface area contributed by atoms with E-state index in [1.165, 1.54) is 0 Å². The highest BCUT2D eigenvalue weighted by Crippen LogP contribution is 2.40. The second kappa shape index (κ2) is 6.16. The summed E-state index contributed by atoms with van der Waals surface area (Å²) in [5, 5.41) is 33.6. The predicted octanol–water partition coefficient (Wildman–Crippen LogP) is 0.464. The van der Waals surface area contributed by atoms with Crippen LogP contribution in [0, 0.1) is 5.92 Å². The van der Waals surface area contributed by atoms with Crippen molar-refractivity contribution in [2.75, 3.05) is 6.61 Å². The lowest BCUT2D eigenvalue weighted by atomic mass is 9.86. The first-order valence-electron chi connectivity index (χ1n) is 7.14. The third-order valence-electron chi connectivity index (χ3n) is 4.30. The van der Waals surface area contributed by atoms with Gasteiger partial charge in [0.15, 0.2) is 0 Å². The molecule has 2 aliphatic carbocycles. The summed E-state index contributed by atoms with van der Waals surface area (Å²) in [5.74, 6) is -0.383. The van der Waals surface area contributed by atoms with Gasteiger partial charge in [0.05, 0.1) is 17.7 Å². The number of allylic oxidation sites excluding steroid dienone is 2. The third kappa shape index (κ3) is 3.01. The van der Waals surface area contributed by atoms with Gasteiger partial charge in [0.25, 0.3) is 0 Å². The Hall–Kier alpha value is -0.140. The summed E-state index contributed by atoms with van der Waals surface area (Å²) in [6.45, 7) is -0.354. The summed E-state index contributed by atoms with van der Waals surface area (Å²) in [5.41, 5.74) is 0. The number of aliphatic hydroxyl groups excluding tert-OH is 3. The zero-order valence-electron chi connectivity index (χ0n) is 11.3. The van der Waals surface area contributed by atoms with Gasteiger partial charge >= 0.3 is 0 Å². The Morgan fingerprint density at radius 3 is 2.52 bits per heavy atom. The first-order valence-corrected chi connectivity index (χ1v) is 7.90. The molecule has 1 heterocycles. The van der Waals surface area contributed by atoms with Crippen LogP contribution in [0.3, 0.4) is 0 Å². The maximum Gasteiger partial charge on any atom is 0.111 e. The molecule has 0 spiro atoms. The van der Waals surface area contributed by atoms with Gasteiger partial charge < -0.3 is 25.4 Å². The summed E-state index contributed by atoms with van der Waals surface area (Å²) >= 11 is 12.4. The fourth-order valence-electron chi connectivity index (χ4n) is 2.96. The molecular weight excluding hydrogens is 317 g/mol. The van der Waals surface area contributed by atoms with E-state index in [0.717, 1.165) is 12.8 Å². The van der Waals surface area contributed by atoms with Gasteiger partial charge in [0.1, 0.15) is 18.3 Å². The molecule has 3 rings (SSSR count). The molecule has 0 bridgehead atoms. The van der Waals surface area contributed by atoms with Crippen molar-refractivity contribution in [3.8, 4) is 0 Å². The van der Waals surface area contributed by atoms with E-state index < -0.39 is 24.4 Å². The van der Waals surface area contributed by atoms with E-state index in [1.54, 1.807) is 6.08 Å². The molecule has 3 aliphatic rings. The number of aliphatic hydroxyl groups is 3. The van der Waals surface area contributed by atoms with Crippen LogP contribution in [0.5, 0.6) is 0 Å². The zero-order chi connectivity index (χ0) is 15.1. The molecule has 5 nitrogen and oxygen atoms in total. The Balaban J connectivity index is 1.83. The SMILES string of the molecule is OC[C@@H]1O[C@@H](C2C(Cl)=C(Cl)C=CC2NC2CC2)[C@@H](O)[C@H]1O. The molecule has 2 fully saturated rings. The van der Waals surface area contributed by atoms with Crippen LogP contribution in [-0.4, -0.2) is 58.4 Å². The van der Waals surface area contributed by atoms with Crippen molar-refractivity contribution in [1.82, 2.24) is 5.32 Å². The monoisotopic (exact) mass is 335 g/mol. The number of nitrogens with one attached hydrogen (secondary N) is 1. The van der Waals surface area contributed by atoms with Crippen molar-refractivity contribution in [2.45, 2.75) is 49.3 Å². The minimum Gasteiger partial charge on any atom is -0.394 e. The average molecular weight is 336 g/mol. The van der Waals surface area contributed by atoms with E-state index in [0.29, 0.717) is 16.1 Å². The van der Waals surface area contributed by atoms with Crippen LogP contribution >= 0.6 is 23.2 Å². The topological polar surface area (TPSA) is 82.0 Å². The van der Waals surface area contributed by atoms with Crippen molar-refractivity contribution >= 4 is 23.2 Å². The number of halogens is 2. The van der Waals surface area contributed by atoms with E-state index in [2.05, 4.69) is 5.32 Å². The van der Waals surface area contributed by atoms with Crippen molar-refractivity contribution < 1.29 is 20.1 Å². The Bertz CT molecular complexity index is 466. The van der Waals surface area contributed by atoms with Crippen molar-refractivity contribution in [1.29, 1.82) is 0 Å². The predicted molar refractivity (Wildman–Crippen MR) is 79.1 cm³/mol. The average Bonchev–Trinajstić information content (AvgIpc) is 3.24. The molecule has 1 saturated carbocycles. The number of ether oxygens (including phenoxy) is 1. The van der Waals surface area contributed by atoms with E-state index in [-0.39, 0.29) is 18.6 Å². The summed E-state index contributed by atoms with van der Waals surface area (Å²) < 4.78 is 5.62. The molecule has 0 radical (unpaired) electrons. The molecule has 6 atom stereocenters. The summed E-state index contributed by atoms with van der Waals surface area (Å²) in [6, 6.07) is 0.331. The first-order chi connectivity index (χ1) is 10.0. The van der Waals surface area contributed by atoms with E-state index >= 15 is 0 Å². The van der Waals surface area contributed by atoms with Crippen molar-refractivity contribution in [3.05, 3.63) is 22.2 Å². The second-order valence-electron chi connectivity index (χ2n) is 5.85. The summed E-state index contributed by atoms with van der Waals surface area (Å²) in [6.07, 6.45) is 2.12. The van der Waals surface area contributed by atoms with Gasteiger partial charge in [0.2, 0.25) is 0 Å². The molecule has 0 aromatic carbocycles. The fraction of sp³-hybridized carbons (Fsp3) is 0.714. The lowest BCUT2D eigenvalue weighted by Gasteiger charge is -2.34. The summed E-state index contributed by atoms with van der Waals surface area (Å²) in [7, 11) is 0. The minimum atomic E-state index is -1.13. The molecule has 2 unspecified atom stereocenters.